The van der Waals surface area contributed by atoms with Crippen molar-refractivity contribution in [2.75, 3.05) is 30.8 Å². The Morgan fingerprint density at radius 3 is 2.65 bits per heavy atom. The van der Waals surface area contributed by atoms with Crippen LogP contribution >= 0.6 is 0 Å². The Bertz CT molecular complexity index is 339. The summed E-state index contributed by atoms with van der Waals surface area (Å²) in [5, 5.41) is 0. The molecule has 0 heterocycles. The van der Waals surface area contributed by atoms with Crippen LogP contribution in [0, 0.1) is 0 Å². The molecule has 0 aliphatic heterocycles. The molecule has 1 aromatic carbocycles. The summed E-state index contributed by atoms with van der Waals surface area (Å²) >= 11 is 0. The smallest absolute Gasteiger partial charge is 0.144 e. The molecule has 0 aromatic heterocycles. The van der Waals surface area contributed by atoms with Crippen molar-refractivity contribution in [2.45, 2.75) is 33.1 Å². The van der Waals surface area contributed by atoms with Crippen molar-refractivity contribution >= 4 is 11.4 Å². The predicted molar refractivity (Wildman–Crippen MR) is 74.8 cm³/mol. The number of nitrogens with two attached hydrogens (primary N) is 1. The first kappa shape index (κ1) is 13.7. The minimum Gasteiger partial charge on any atom is -0.491 e. The molecule has 0 saturated carbocycles. The quantitative estimate of drug-likeness (QED) is 0.738. The van der Waals surface area contributed by atoms with Gasteiger partial charge in [0.2, 0.25) is 0 Å². The predicted octanol–water partition coefficient (Wildman–Crippen LogP) is 3.29. The van der Waals surface area contributed by atoms with Crippen molar-refractivity contribution < 1.29 is 4.74 Å². The van der Waals surface area contributed by atoms with E-state index < -0.39 is 0 Å². The van der Waals surface area contributed by atoms with Gasteiger partial charge in [-0.1, -0.05) is 26.3 Å². The van der Waals surface area contributed by atoms with Crippen LogP contribution in [0.2, 0.25) is 0 Å². The zero-order valence-corrected chi connectivity index (χ0v) is 11.2. The number of benzene rings is 1. The molecule has 0 atom stereocenters. The molecule has 0 amide bonds. The molecule has 0 bridgehead atoms. The Kier molecular flexibility index (Phi) is 5.67. The molecule has 2 N–H and O–H groups in total. The summed E-state index contributed by atoms with van der Waals surface area (Å²) in [4.78, 5) is 2.19. The molecule has 3 heteroatoms. The number of rotatable bonds is 7. The van der Waals surface area contributed by atoms with Crippen LogP contribution in [0.3, 0.4) is 0 Å². The molecule has 0 saturated heterocycles. The van der Waals surface area contributed by atoms with Gasteiger partial charge in [0.15, 0.2) is 0 Å². The number of nitrogens with zero attached hydrogens (tertiary/aromatic N) is 1. The zero-order chi connectivity index (χ0) is 12.7. The Morgan fingerprint density at radius 1 is 1.24 bits per heavy atom. The highest BCUT2D eigenvalue weighted by molar-refractivity contribution is 5.73. The topological polar surface area (TPSA) is 38.5 Å². The minimum absolute atomic E-state index is 0.715. The first-order valence-corrected chi connectivity index (χ1v) is 6.43. The average Bonchev–Trinajstić information content (AvgIpc) is 2.34. The van der Waals surface area contributed by atoms with Gasteiger partial charge in [-0.15, -0.1) is 0 Å². The van der Waals surface area contributed by atoms with Gasteiger partial charge >= 0.3 is 0 Å². The molecule has 0 radical (unpaired) electrons. The summed E-state index contributed by atoms with van der Waals surface area (Å²) in [5.41, 5.74) is 7.94. The van der Waals surface area contributed by atoms with Gasteiger partial charge in [-0.25, -0.2) is 0 Å². The Morgan fingerprint density at radius 2 is 2.00 bits per heavy atom. The first-order valence-electron chi connectivity index (χ1n) is 6.43. The van der Waals surface area contributed by atoms with E-state index in [0.717, 1.165) is 30.1 Å². The van der Waals surface area contributed by atoms with Crippen LogP contribution < -0.4 is 15.4 Å². The maximum absolute atomic E-state index is 6.13. The monoisotopic (exact) mass is 236 g/mol. The largest absolute Gasteiger partial charge is 0.491 e. The summed E-state index contributed by atoms with van der Waals surface area (Å²) in [6, 6.07) is 5.98. The maximum atomic E-state index is 6.13. The third-order valence-electron chi connectivity index (χ3n) is 2.76. The summed E-state index contributed by atoms with van der Waals surface area (Å²) in [6.45, 7) is 6.02. The van der Waals surface area contributed by atoms with E-state index in [9.17, 15) is 0 Å². The second-order valence-corrected chi connectivity index (χ2v) is 4.31. The molecule has 0 spiro atoms. The van der Waals surface area contributed by atoms with Crippen LogP contribution in [-0.4, -0.2) is 20.2 Å². The molecule has 1 aromatic rings. The van der Waals surface area contributed by atoms with Gasteiger partial charge in [-0.3, -0.25) is 0 Å². The fraction of sp³-hybridized carbons (Fsp3) is 0.571. The van der Waals surface area contributed by atoms with Gasteiger partial charge in [-0.2, -0.15) is 0 Å². The Hall–Kier alpha value is -1.38. The average molecular weight is 236 g/mol. The van der Waals surface area contributed by atoms with Crippen LogP contribution in [0.4, 0.5) is 11.4 Å². The van der Waals surface area contributed by atoms with Crippen LogP contribution in [0.1, 0.15) is 33.1 Å². The fourth-order valence-corrected chi connectivity index (χ4v) is 1.72. The van der Waals surface area contributed by atoms with Crippen LogP contribution in [0.5, 0.6) is 5.75 Å². The number of hydrogen-bond donors (Lipinski definition) is 1. The van der Waals surface area contributed by atoms with Crippen molar-refractivity contribution in [2.24, 2.45) is 0 Å². The van der Waals surface area contributed by atoms with E-state index in [4.69, 9.17) is 10.5 Å². The molecule has 3 nitrogen and oxygen atoms in total. The van der Waals surface area contributed by atoms with E-state index in [1.807, 2.05) is 18.2 Å². The summed E-state index contributed by atoms with van der Waals surface area (Å²) in [6.07, 6.45) is 3.36. The van der Waals surface area contributed by atoms with Crippen molar-refractivity contribution in [3.8, 4) is 5.75 Å². The van der Waals surface area contributed by atoms with E-state index in [-0.39, 0.29) is 0 Å². The lowest BCUT2D eigenvalue weighted by atomic mass is 10.2. The third-order valence-corrected chi connectivity index (χ3v) is 2.76. The van der Waals surface area contributed by atoms with Crippen LogP contribution in [0.25, 0.3) is 0 Å². The standard InChI is InChI=1S/C14H24N2O/c1-4-6-10-16(3)12-8-7-9-13(14(12)15)17-11-5-2/h7-9H,4-6,10-11,15H2,1-3H3. The molecular formula is C14H24N2O. The van der Waals surface area contributed by atoms with Crippen LogP contribution in [-0.2, 0) is 0 Å². The minimum atomic E-state index is 0.715. The molecule has 0 unspecified atom stereocenters. The van der Waals surface area contributed by atoms with Crippen molar-refractivity contribution in [1.82, 2.24) is 0 Å². The first-order chi connectivity index (χ1) is 8.20. The van der Waals surface area contributed by atoms with E-state index in [0.29, 0.717) is 6.61 Å². The van der Waals surface area contributed by atoms with E-state index >= 15 is 0 Å². The highest BCUT2D eigenvalue weighted by atomic mass is 16.5. The van der Waals surface area contributed by atoms with Gasteiger partial charge in [-0.05, 0) is 25.0 Å². The van der Waals surface area contributed by atoms with Gasteiger partial charge in [0.25, 0.3) is 0 Å². The maximum Gasteiger partial charge on any atom is 0.144 e. The molecule has 17 heavy (non-hydrogen) atoms. The Balaban J connectivity index is 2.78. The van der Waals surface area contributed by atoms with E-state index in [1.54, 1.807) is 0 Å². The number of para-hydroxylation sites is 1. The molecule has 0 aliphatic carbocycles. The second-order valence-electron chi connectivity index (χ2n) is 4.31. The van der Waals surface area contributed by atoms with Gasteiger partial charge in [0.05, 0.1) is 18.0 Å². The fourth-order valence-electron chi connectivity index (χ4n) is 1.72. The Labute approximate surface area is 105 Å². The zero-order valence-electron chi connectivity index (χ0n) is 11.2. The number of ether oxygens (including phenoxy) is 1. The summed E-state index contributed by atoms with van der Waals surface area (Å²) in [7, 11) is 2.07. The molecule has 0 fully saturated rings. The van der Waals surface area contributed by atoms with E-state index in [1.165, 1.54) is 12.8 Å². The summed E-state index contributed by atoms with van der Waals surface area (Å²) in [5.74, 6) is 0.799. The van der Waals surface area contributed by atoms with Gasteiger partial charge in [0.1, 0.15) is 5.75 Å². The normalized spacial score (nSPS) is 10.3. The van der Waals surface area contributed by atoms with E-state index in [2.05, 4.69) is 25.8 Å². The van der Waals surface area contributed by atoms with Gasteiger partial charge in [0, 0.05) is 13.6 Å². The number of hydrogen-bond acceptors (Lipinski definition) is 3. The van der Waals surface area contributed by atoms with Crippen molar-refractivity contribution in [1.29, 1.82) is 0 Å². The third kappa shape index (κ3) is 3.84. The molecule has 96 valence electrons. The molecule has 1 rings (SSSR count). The highest BCUT2D eigenvalue weighted by Crippen LogP contribution is 2.31. The van der Waals surface area contributed by atoms with Crippen LogP contribution in [0.15, 0.2) is 18.2 Å². The molecular weight excluding hydrogens is 212 g/mol. The lowest BCUT2D eigenvalue weighted by Gasteiger charge is -2.22. The second kappa shape index (κ2) is 7.05. The lowest BCUT2D eigenvalue weighted by Crippen LogP contribution is -2.19. The number of unbranched alkanes of at least 4 members (excludes halogenated alkanes) is 1. The van der Waals surface area contributed by atoms with Crippen molar-refractivity contribution in [3.05, 3.63) is 18.2 Å². The highest BCUT2D eigenvalue weighted by Gasteiger charge is 2.09. The summed E-state index contributed by atoms with van der Waals surface area (Å²) < 4.78 is 5.63. The van der Waals surface area contributed by atoms with Crippen molar-refractivity contribution in [3.63, 3.8) is 0 Å². The number of nitrogen functional groups attached to an aromatic ring is 1. The number of anilines is 2. The SMILES string of the molecule is CCCCN(C)c1cccc(OCCC)c1N. The molecule has 0 aliphatic rings. The lowest BCUT2D eigenvalue weighted by molar-refractivity contribution is 0.319. The van der Waals surface area contributed by atoms with Gasteiger partial charge < -0.3 is 15.4 Å².